The van der Waals surface area contributed by atoms with Crippen LogP contribution >= 0.6 is 11.3 Å². The Labute approximate surface area is 264 Å². The average Bonchev–Trinajstić information content (AvgIpc) is 3.82. The molecule has 1 saturated carbocycles. The molecule has 0 spiro atoms. The normalized spacial score (nSPS) is 15.9. The second-order valence-electron chi connectivity index (χ2n) is 11.9. The minimum absolute atomic E-state index is 0.269. The van der Waals surface area contributed by atoms with Crippen LogP contribution < -0.4 is 14.9 Å². The summed E-state index contributed by atoms with van der Waals surface area (Å²) in [6, 6.07) is 16.5. The molecule has 3 heterocycles. The number of benzene rings is 2. The molecule has 1 fully saturated rings. The standard InChI is InChI=1S/C34H41N5O3S2/c40-33(28-8-4-18-35-22-28)23-36-19-16-26-10-12-29(13-11-26)38-44(41,42)31-14-15-32-27(21-31)17-20-39(32)34-37-30(24-43-34)9-3-7-25-5-1-2-6-25/h4,8,10-15,18,21-22,24-25,33,36,38,40H,1-3,5-7,9,16-17,19-20,23H2/t33-/m0/s1. The molecular weight excluding hydrogens is 591 g/mol. The number of pyridine rings is 1. The molecule has 10 heteroatoms. The van der Waals surface area contributed by atoms with Gasteiger partial charge in [0.25, 0.3) is 10.0 Å². The number of hydrogen-bond donors (Lipinski definition) is 3. The highest BCUT2D eigenvalue weighted by Crippen LogP contribution is 2.38. The van der Waals surface area contributed by atoms with E-state index < -0.39 is 16.1 Å². The number of thiazole rings is 1. The van der Waals surface area contributed by atoms with E-state index in [0.29, 0.717) is 18.8 Å². The first-order chi connectivity index (χ1) is 21.4. The van der Waals surface area contributed by atoms with Crippen LogP contribution in [0.4, 0.5) is 16.5 Å². The highest BCUT2D eigenvalue weighted by molar-refractivity contribution is 7.92. The van der Waals surface area contributed by atoms with Crippen LogP contribution in [0.5, 0.6) is 0 Å². The van der Waals surface area contributed by atoms with Crippen LogP contribution in [0.2, 0.25) is 0 Å². The van der Waals surface area contributed by atoms with Crippen LogP contribution in [0.25, 0.3) is 0 Å². The summed E-state index contributed by atoms with van der Waals surface area (Å²) in [6.45, 7) is 1.94. The van der Waals surface area contributed by atoms with Crippen LogP contribution in [0, 0.1) is 5.92 Å². The Balaban J connectivity index is 0.999. The summed E-state index contributed by atoms with van der Waals surface area (Å²) in [6.07, 6.45) is 13.4. The first-order valence-corrected chi connectivity index (χ1v) is 18.1. The smallest absolute Gasteiger partial charge is 0.261 e. The predicted octanol–water partition coefficient (Wildman–Crippen LogP) is 6.41. The minimum Gasteiger partial charge on any atom is -0.387 e. The summed E-state index contributed by atoms with van der Waals surface area (Å²) in [7, 11) is -3.73. The molecule has 6 rings (SSSR count). The van der Waals surface area contributed by atoms with Crippen molar-refractivity contribution in [1.82, 2.24) is 15.3 Å². The number of nitrogens with one attached hydrogen (secondary N) is 2. The molecule has 0 unspecified atom stereocenters. The van der Waals surface area contributed by atoms with Gasteiger partial charge < -0.3 is 15.3 Å². The first-order valence-electron chi connectivity index (χ1n) is 15.7. The molecule has 232 valence electrons. The van der Waals surface area contributed by atoms with Gasteiger partial charge in [0.05, 0.1) is 16.7 Å². The lowest BCUT2D eigenvalue weighted by Gasteiger charge is -2.16. The van der Waals surface area contributed by atoms with Crippen LogP contribution in [0.15, 0.2) is 77.3 Å². The van der Waals surface area contributed by atoms with Gasteiger partial charge in [0.2, 0.25) is 0 Å². The number of aliphatic hydroxyl groups excluding tert-OH is 1. The van der Waals surface area contributed by atoms with E-state index in [1.165, 1.54) is 44.2 Å². The zero-order valence-corrected chi connectivity index (χ0v) is 26.6. The molecular formula is C34H41N5O3S2. The van der Waals surface area contributed by atoms with Crippen molar-refractivity contribution in [2.24, 2.45) is 5.92 Å². The van der Waals surface area contributed by atoms with Gasteiger partial charge in [-0.15, -0.1) is 11.3 Å². The van der Waals surface area contributed by atoms with Gasteiger partial charge in [0.1, 0.15) is 0 Å². The lowest BCUT2D eigenvalue weighted by Crippen LogP contribution is -2.23. The second kappa shape index (κ2) is 14.2. The van der Waals surface area contributed by atoms with Crippen LogP contribution in [0.1, 0.15) is 67.0 Å². The topological polar surface area (TPSA) is 107 Å². The monoisotopic (exact) mass is 631 g/mol. The lowest BCUT2D eigenvalue weighted by molar-refractivity contribution is 0.174. The molecule has 0 bridgehead atoms. The molecule has 0 radical (unpaired) electrons. The summed E-state index contributed by atoms with van der Waals surface area (Å²) in [5.41, 5.74) is 5.63. The number of sulfonamides is 1. The van der Waals surface area contributed by atoms with E-state index in [1.54, 1.807) is 48.0 Å². The number of anilines is 3. The third kappa shape index (κ3) is 7.66. The molecule has 0 saturated heterocycles. The van der Waals surface area contributed by atoms with Gasteiger partial charge in [-0.3, -0.25) is 9.71 Å². The number of aromatic nitrogens is 2. The average molecular weight is 632 g/mol. The van der Waals surface area contributed by atoms with E-state index in [9.17, 15) is 13.5 Å². The third-order valence-electron chi connectivity index (χ3n) is 8.75. The zero-order valence-electron chi connectivity index (χ0n) is 25.0. The molecule has 44 heavy (non-hydrogen) atoms. The zero-order chi connectivity index (χ0) is 30.4. The van der Waals surface area contributed by atoms with Crippen molar-refractivity contribution < 1.29 is 13.5 Å². The van der Waals surface area contributed by atoms with Crippen molar-refractivity contribution in [2.75, 3.05) is 29.3 Å². The number of fused-ring (bicyclic) bond motifs is 1. The summed E-state index contributed by atoms with van der Waals surface area (Å²) >= 11 is 1.68. The van der Waals surface area contributed by atoms with Gasteiger partial charge >= 0.3 is 0 Å². The Kier molecular flexibility index (Phi) is 9.91. The lowest BCUT2D eigenvalue weighted by atomic mass is 10.0. The van der Waals surface area contributed by atoms with Crippen molar-refractivity contribution in [1.29, 1.82) is 0 Å². The maximum Gasteiger partial charge on any atom is 0.261 e. The fraction of sp³-hybridized carbons (Fsp3) is 0.412. The van der Waals surface area contributed by atoms with E-state index in [1.807, 2.05) is 30.3 Å². The number of nitrogens with zero attached hydrogens (tertiary/aromatic N) is 3. The van der Waals surface area contributed by atoms with Gasteiger partial charge in [-0.1, -0.05) is 50.3 Å². The molecule has 0 amide bonds. The highest BCUT2D eigenvalue weighted by atomic mass is 32.2. The van der Waals surface area contributed by atoms with Crippen molar-refractivity contribution >= 4 is 37.9 Å². The predicted molar refractivity (Wildman–Crippen MR) is 177 cm³/mol. The Morgan fingerprint density at radius 3 is 2.70 bits per heavy atom. The maximum atomic E-state index is 13.3. The fourth-order valence-corrected chi connectivity index (χ4v) is 8.27. The van der Waals surface area contributed by atoms with E-state index in [4.69, 9.17) is 4.98 Å². The maximum absolute atomic E-state index is 13.3. The molecule has 2 aromatic heterocycles. The summed E-state index contributed by atoms with van der Waals surface area (Å²) < 4.78 is 29.2. The molecule has 1 atom stereocenters. The Hall–Kier alpha value is -3.31. The summed E-state index contributed by atoms with van der Waals surface area (Å²) in [4.78, 5) is 11.5. The van der Waals surface area contributed by atoms with E-state index >= 15 is 0 Å². The highest BCUT2D eigenvalue weighted by Gasteiger charge is 2.26. The summed E-state index contributed by atoms with van der Waals surface area (Å²) in [5, 5.41) is 16.7. The SMILES string of the molecule is O=S(=O)(Nc1ccc(CCNC[C@H](O)c2cccnc2)cc1)c1ccc2c(c1)CCN2c1nc(CCCC2CCCC2)cs1. The largest absolute Gasteiger partial charge is 0.387 e. The Morgan fingerprint density at radius 2 is 1.91 bits per heavy atom. The molecule has 3 N–H and O–H groups in total. The van der Waals surface area contributed by atoms with Gasteiger partial charge in [0.15, 0.2) is 5.13 Å². The number of rotatable bonds is 14. The number of hydrogen-bond acceptors (Lipinski definition) is 8. The van der Waals surface area contributed by atoms with E-state index in [-0.39, 0.29) is 4.90 Å². The van der Waals surface area contributed by atoms with Crippen LogP contribution in [-0.2, 0) is 29.3 Å². The van der Waals surface area contributed by atoms with Gasteiger partial charge in [0, 0.05) is 47.8 Å². The summed E-state index contributed by atoms with van der Waals surface area (Å²) in [5.74, 6) is 0.913. The third-order valence-corrected chi connectivity index (χ3v) is 11.0. The first kappa shape index (κ1) is 30.7. The molecule has 1 aliphatic carbocycles. The molecule has 2 aromatic carbocycles. The van der Waals surface area contributed by atoms with Gasteiger partial charge in [-0.25, -0.2) is 13.4 Å². The van der Waals surface area contributed by atoms with Gasteiger partial charge in [-0.05, 0) is 85.7 Å². The van der Waals surface area contributed by atoms with E-state index in [2.05, 4.69) is 25.3 Å². The van der Waals surface area contributed by atoms with Gasteiger partial charge in [-0.2, -0.15) is 0 Å². The molecule has 1 aliphatic heterocycles. The number of aryl methyl sites for hydroxylation is 1. The molecule has 4 aromatic rings. The number of aliphatic hydroxyl groups is 1. The van der Waals surface area contributed by atoms with Crippen LogP contribution in [-0.4, -0.2) is 43.1 Å². The Bertz CT molecular complexity index is 1620. The second-order valence-corrected chi connectivity index (χ2v) is 14.4. The van der Waals surface area contributed by atoms with Crippen molar-refractivity contribution in [3.63, 3.8) is 0 Å². The quantitative estimate of drug-likeness (QED) is 0.138. The van der Waals surface area contributed by atoms with Crippen molar-refractivity contribution in [3.05, 3.63) is 94.8 Å². The van der Waals surface area contributed by atoms with Crippen molar-refractivity contribution in [3.8, 4) is 0 Å². The van der Waals surface area contributed by atoms with Crippen LogP contribution in [0.3, 0.4) is 0 Å². The minimum atomic E-state index is -3.73. The Morgan fingerprint density at radius 1 is 1.07 bits per heavy atom. The van der Waals surface area contributed by atoms with Crippen molar-refractivity contribution in [2.45, 2.75) is 68.8 Å². The fourth-order valence-electron chi connectivity index (χ4n) is 6.27. The molecule has 2 aliphatic rings. The molecule has 8 nitrogen and oxygen atoms in total. The van der Waals surface area contributed by atoms with E-state index in [0.717, 1.165) is 59.2 Å².